The van der Waals surface area contributed by atoms with E-state index < -0.39 is 93.5 Å². The average molecular weight is 708 g/mol. The third-order valence-electron chi connectivity index (χ3n) is 7.66. The molecule has 248 valence electrons. The zero-order valence-electron chi connectivity index (χ0n) is 23.0. The molecule has 7 heterocycles. The van der Waals surface area contributed by atoms with Crippen molar-refractivity contribution in [2.75, 3.05) is 18.9 Å². The molecule has 2 unspecified atom stereocenters. The minimum atomic E-state index is -5.09. The van der Waals surface area contributed by atoms with Crippen molar-refractivity contribution in [3.05, 3.63) is 41.3 Å². The summed E-state index contributed by atoms with van der Waals surface area (Å²) in [5.41, 5.74) is 5.35. The molecule has 10 atom stereocenters. The van der Waals surface area contributed by atoms with E-state index in [-0.39, 0.29) is 29.2 Å². The molecule has 4 aromatic rings. The summed E-state index contributed by atoms with van der Waals surface area (Å²) < 4.78 is 79.0. The van der Waals surface area contributed by atoms with E-state index in [0.717, 1.165) is 17.1 Å². The van der Waals surface area contributed by atoms with Crippen LogP contribution in [0.4, 0.5) is 14.6 Å². The van der Waals surface area contributed by atoms with Crippen molar-refractivity contribution in [2.24, 2.45) is 0 Å². The van der Waals surface area contributed by atoms with E-state index in [2.05, 4.69) is 24.9 Å². The first-order valence-electron chi connectivity index (χ1n) is 13.4. The van der Waals surface area contributed by atoms with Gasteiger partial charge in [-0.05, 0) is 11.8 Å². The number of fused-ring (bicyclic) bond motifs is 5. The first kappa shape index (κ1) is 31.7. The minimum absolute atomic E-state index is 0.0965. The Kier molecular flexibility index (Phi) is 8.06. The summed E-state index contributed by atoms with van der Waals surface area (Å²) in [6.07, 6.45) is -8.44. The predicted octanol–water partition coefficient (Wildman–Crippen LogP) is -0.216. The van der Waals surface area contributed by atoms with Gasteiger partial charge in [-0.1, -0.05) is 0 Å². The molecule has 0 saturated carbocycles. The summed E-state index contributed by atoms with van der Waals surface area (Å²) in [7, 11) is -5.09. The van der Waals surface area contributed by atoms with Crippen LogP contribution in [0.3, 0.4) is 0 Å². The van der Waals surface area contributed by atoms with E-state index in [1.807, 2.05) is 0 Å². The number of hydrogen-bond donors (Lipinski definition) is 5. The molecule has 46 heavy (non-hydrogen) atoms. The Morgan fingerprint density at radius 1 is 1.09 bits per heavy atom. The summed E-state index contributed by atoms with van der Waals surface area (Å²) >= 11 is 5.16. The van der Waals surface area contributed by atoms with E-state index >= 15 is 4.39 Å². The molecule has 2 bridgehead atoms. The fraction of sp³-hybridized carbons (Fsp3) is 0.500. The second kappa shape index (κ2) is 11.7. The molecule has 0 aromatic carbocycles. The number of anilines is 1. The van der Waals surface area contributed by atoms with Gasteiger partial charge in [-0.3, -0.25) is 18.4 Å². The van der Waals surface area contributed by atoms with Crippen LogP contribution in [0.2, 0.25) is 0 Å². The lowest BCUT2D eigenvalue weighted by Gasteiger charge is -2.27. The Hall–Kier alpha value is -2.85. The Labute approximate surface area is 260 Å². The average Bonchev–Trinajstić information content (AvgIpc) is 3.72. The number of ether oxygens (including phenoxy) is 2. The van der Waals surface area contributed by atoms with Crippen molar-refractivity contribution < 1.29 is 55.8 Å². The molecule has 24 heteroatoms. The molecule has 0 amide bonds. The van der Waals surface area contributed by atoms with Crippen molar-refractivity contribution in [3.63, 3.8) is 0 Å². The highest BCUT2D eigenvalue weighted by Crippen LogP contribution is 2.53. The van der Waals surface area contributed by atoms with Crippen LogP contribution < -0.4 is 11.3 Å². The Bertz CT molecular complexity index is 1970. The molecular weight excluding hydrogens is 684 g/mol. The van der Waals surface area contributed by atoms with Crippen molar-refractivity contribution >= 4 is 54.4 Å². The largest absolute Gasteiger partial charge is 0.472 e. The molecule has 4 aromatic heterocycles. The fourth-order valence-electron chi connectivity index (χ4n) is 5.56. The van der Waals surface area contributed by atoms with E-state index in [9.17, 15) is 28.6 Å². The van der Waals surface area contributed by atoms with E-state index in [1.165, 1.54) is 17.2 Å². The van der Waals surface area contributed by atoms with Gasteiger partial charge in [-0.2, -0.15) is 0 Å². The summed E-state index contributed by atoms with van der Waals surface area (Å²) in [6, 6.07) is 0. The summed E-state index contributed by atoms with van der Waals surface area (Å²) in [4.78, 5) is 52.0. The third-order valence-corrected chi connectivity index (χ3v) is 10.2. The highest BCUT2D eigenvalue weighted by Gasteiger charge is 2.53. The van der Waals surface area contributed by atoms with Crippen molar-refractivity contribution in [1.29, 1.82) is 0 Å². The summed E-state index contributed by atoms with van der Waals surface area (Å²) in [5.74, 6) is -0.887. The first-order chi connectivity index (χ1) is 21.8. The van der Waals surface area contributed by atoms with Gasteiger partial charge in [0.25, 0.3) is 5.56 Å². The van der Waals surface area contributed by atoms with Crippen LogP contribution in [0.1, 0.15) is 6.23 Å². The molecule has 7 rings (SSSR count). The molecule has 3 aliphatic rings. The number of hydrogen-bond acceptors (Lipinski definition) is 15. The van der Waals surface area contributed by atoms with Crippen LogP contribution in [0.25, 0.3) is 22.2 Å². The van der Waals surface area contributed by atoms with Gasteiger partial charge in [0.2, 0.25) is 0 Å². The topological polar surface area (TPSA) is 253 Å². The van der Waals surface area contributed by atoms with Crippen LogP contribution >= 0.6 is 14.5 Å². The van der Waals surface area contributed by atoms with Gasteiger partial charge >= 0.3 is 14.5 Å². The number of nitrogens with two attached hydrogens (primary N) is 1. The zero-order valence-corrected chi connectivity index (χ0v) is 25.6. The monoisotopic (exact) mass is 708 g/mol. The maximum atomic E-state index is 15.8. The number of rotatable bonds is 3. The minimum Gasteiger partial charge on any atom is -0.387 e. The molecule has 3 aliphatic heterocycles. The first-order valence-corrected chi connectivity index (χ1v) is 17.5. The smallest absolute Gasteiger partial charge is 0.387 e. The van der Waals surface area contributed by atoms with Crippen LogP contribution in [0.15, 0.2) is 30.0 Å². The van der Waals surface area contributed by atoms with Gasteiger partial charge in [0.05, 0.1) is 32.4 Å². The predicted molar refractivity (Wildman–Crippen MR) is 151 cm³/mol. The Morgan fingerprint density at radius 3 is 2.67 bits per heavy atom. The number of aliphatic hydroxyl groups excluding tert-OH is 1. The molecule has 3 saturated heterocycles. The van der Waals surface area contributed by atoms with Gasteiger partial charge in [0.15, 0.2) is 35.3 Å². The number of phosphoric ester groups is 1. The van der Waals surface area contributed by atoms with Gasteiger partial charge in [-0.25, -0.2) is 33.3 Å². The van der Waals surface area contributed by atoms with E-state index in [0.29, 0.717) is 0 Å². The second-order valence-electron chi connectivity index (χ2n) is 10.5. The molecular formula is C22H24F2N8O11P2S. The van der Waals surface area contributed by atoms with Crippen molar-refractivity contribution in [3.8, 4) is 0 Å². The number of alkyl halides is 1. The van der Waals surface area contributed by atoms with Crippen LogP contribution in [-0.2, 0) is 50.5 Å². The number of aliphatic hydroxyl groups is 1. The lowest BCUT2D eigenvalue weighted by Crippen LogP contribution is -2.35. The third kappa shape index (κ3) is 5.67. The number of nitrogens with one attached hydrogen (secondary N) is 1. The van der Waals surface area contributed by atoms with Crippen molar-refractivity contribution in [1.82, 2.24) is 34.1 Å². The molecule has 0 aliphatic carbocycles. The van der Waals surface area contributed by atoms with Gasteiger partial charge in [0.1, 0.15) is 53.9 Å². The lowest BCUT2D eigenvalue weighted by atomic mass is 10.1. The highest BCUT2D eigenvalue weighted by atomic mass is 32.5. The number of H-pyrrole nitrogens is 1. The van der Waals surface area contributed by atoms with Crippen LogP contribution in [0, 0.1) is 5.82 Å². The number of halogens is 2. The van der Waals surface area contributed by atoms with Crippen LogP contribution in [-0.4, -0.2) is 105 Å². The molecule has 3 fully saturated rings. The fourth-order valence-corrected chi connectivity index (χ4v) is 7.93. The normalized spacial score (nSPS) is 37.2. The summed E-state index contributed by atoms with van der Waals surface area (Å²) in [6.45, 7) is -6.08. The maximum absolute atomic E-state index is 15.8. The molecule has 6 N–H and O–H groups in total. The van der Waals surface area contributed by atoms with Crippen LogP contribution in [0.5, 0.6) is 0 Å². The number of aromatic nitrogens is 7. The zero-order chi connectivity index (χ0) is 32.5. The number of nitrogens with zero attached hydrogens (tertiary/aromatic N) is 6. The van der Waals surface area contributed by atoms with Crippen molar-refractivity contribution in [2.45, 2.75) is 55.6 Å². The maximum Gasteiger partial charge on any atom is 0.472 e. The molecule has 0 radical (unpaired) electrons. The number of imidazole rings is 1. The SMILES string of the molecule is Nc1ncnc2c1ncn2C[C@@H]1O[C@@H]2COP(O)(=S)O[C@@H]3[C@H](O)[C@@H](COP(=O)(O)O[C@H]2[C@H]1F)O[C@H]3n1cc(F)c2c(=O)[nH]cnc21. The number of phosphoric acid groups is 1. The van der Waals surface area contributed by atoms with Gasteiger partial charge in [0, 0.05) is 6.20 Å². The molecule has 0 spiro atoms. The highest BCUT2D eigenvalue weighted by molar-refractivity contribution is 8.07. The van der Waals surface area contributed by atoms with E-state index in [4.69, 9.17) is 45.1 Å². The van der Waals surface area contributed by atoms with Gasteiger partial charge in [-0.15, -0.1) is 0 Å². The standard InChI is InChI=1S/C22H24F2N8O11P2S/c23-8-1-32(19-12(8)21(34)29-6-27-19)22-17-15(33)10(41-22)3-38-44(35,36)42-16-11(4-39-45(37,46)43-17)40-9(13(16)24)2-31-7-30-14-18(25)26-5-28-20(14)31/h1,5-7,9-11,13,15-17,22,33H,2-4H2,(H,35,36)(H,37,46)(H2,25,26,28)(H,27,29,34)/t9-,10+,11+,13-,15+,16+,17+,22+,45?/m0/s1. The van der Waals surface area contributed by atoms with Gasteiger partial charge < -0.3 is 48.7 Å². The number of aromatic amines is 1. The Balaban J connectivity index is 1.17. The summed E-state index contributed by atoms with van der Waals surface area (Å²) in [5, 5.41) is 10.6. The Morgan fingerprint density at radius 2 is 1.87 bits per heavy atom. The quantitative estimate of drug-likeness (QED) is 0.173. The second-order valence-corrected chi connectivity index (χ2v) is 14.7. The molecule has 19 nitrogen and oxygen atoms in total. The number of nitrogen functional groups attached to an aromatic ring is 1. The lowest BCUT2D eigenvalue weighted by molar-refractivity contribution is -0.0603. The van der Waals surface area contributed by atoms with E-state index in [1.54, 1.807) is 0 Å².